The van der Waals surface area contributed by atoms with Crippen molar-refractivity contribution in [3.63, 3.8) is 0 Å². The number of amides is 1. The Morgan fingerprint density at radius 3 is 2.74 bits per heavy atom. The predicted octanol–water partition coefficient (Wildman–Crippen LogP) is 2.66. The molecule has 2 fully saturated rings. The molecule has 0 aliphatic carbocycles. The maximum Gasteiger partial charge on any atom is 0.223 e. The quantitative estimate of drug-likeness (QED) is 0.809. The maximum absolute atomic E-state index is 12.5. The van der Waals surface area contributed by atoms with Gasteiger partial charge < -0.3 is 9.64 Å². The Balaban J connectivity index is 1.45. The second-order valence-corrected chi connectivity index (χ2v) is 8.65. The van der Waals surface area contributed by atoms with E-state index < -0.39 is 0 Å². The minimum Gasteiger partial charge on any atom is -0.379 e. The predicted molar refractivity (Wildman–Crippen MR) is 105 cm³/mol. The van der Waals surface area contributed by atoms with E-state index in [2.05, 4.69) is 52.6 Å². The number of hydrogen-bond acceptors (Lipinski definition) is 6. The Labute approximate surface area is 164 Å². The zero-order valence-corrected chi connectivity index (χ0v) is 16.7. The molecule has 2 aliphatic heterocycles. The zero-order valence-electron chi connectivity index (χ0n) is 15.9. The number of aromatic nitrogens is 2. The molecule has 144 valence electrons. The molecule has 0 saturated carbocycles. The third kappa shape index (κ3) is 4.05. The van der Waals surface area contributed by atoms with Gasteiger partial charge in [0.25, 0.3) is 0 Å². The first-order valence-electron chi connectivity index (χ1n) is 9.51. The van der Waals surface area contributed by atoms with Crippen LogP contribution in [0.4, 0.5) is 0 Å². The highest BCUT2D eigenvalue weighted by molar-refractivity contribution is 7.03. The van der Waals surface area contributed by atoms with E-state index in [0.29, 0.717) is 13.0 Å². The summed E-state index contributed by atoms with van der Waals surface area (Å²) in [6.07, 6.45) is 0.595. The van der Waals surface area contributed by atoms with Crippen LogP contribution < -0.4 is 0 Å². The van der Waals surface area contributed by atoms with Crippen LogP contribution in [0.25, 0.3) is 11.3 Å². The molecular formula is C20H26N4O2S. The molecule has 27 heavy (non-hydrogen) atoms. The number of nitrogens with zero attached hydrogens (tertiary/aromatic N) is 4. The number of hydrogen-bond donors (Lipinski definition) is 0. The number of rotatable bonds is 4. The fraction of sp³-hybridized carbons (Fsp3) is 0.550. The summed E-state index contributed by atoms with van der Waals surface area (Å²) in [5, 5.41) is 6.09. The topological polar surface area (TPSA) is 58.6 Å². The van der Waals surface area contributed by atoms with Crippen molar-refractivity contribution in [3.05, 3.63) is 35.2 Å². The number of likely N-dealkylation sites (tertiary alicyclic amines) is 1. The van der Waals surface area contributed by atoms with Gasteiger partial charge in [-0.2, -0.15) is 0 Å². The van der Waals surface area contributed by atoms with Gasteiger partial charge in [0.05, 0.1) is 13.2 Å². The molecule has 6 nitrogen and oxygen atoms in total. The average Bonchev–Trinajstić information content (AvgIpc) is 3.23. The van der Waals surface area contributed by atoms with Gasteiger partial charge >= 0.3 is 0 Å². The summed E-state index contributed by atoms with van der Waals surface area (Å²) in [4.78, 5) is 16.9. The third-order valence-electron chi connectivity index (χ3n) is 5.51. The molecule has 1 aromatic heterocycles. The van der Waals surface area contributed by atoms with Crippen molar-refractivity contribution >= 4 is 17.4 Å². The Morgan fingerprint density at radius 2 is 2.07 bits per heavy atom. The summed E-state index contributed by atoms with van der Waals surface area (Å²) in [7, 11) is 0. The van der Waals surface area contributed by atoms with Crippen LogP contribution in [0.15, 0.2) is 29.6 Å². The zero-order chi connectivity index (χ0) is 18.9. The van der Waals surface area contributed by atoms with Crippen molar-refractivity contribution in [3.8, 4) is 11.3 Å². The Kier molecular flexibility index (Phi) is 5.25. The van der Waals surface area contributed by atoms with Crippen molar-refractivity contribution in [1.29, 1.82) is 0 Å². The van der Waals surface area contributed by atoms with Crippen LogP contribution in [0.1, 0.15) is 25.8 Å². The average molecular weight is 387 g/mol. The van der Waals surface area contributed by atoms with Gasteiger partial charge in [-0.3, -0.25) is 9.69 Å². The van der Waals surface area contributed by atoms with Crippen LogP contribution in [0.5, 0.6) is 0 Å². The van der Waals surface area contributed by atoms with Gasteiger partial charge in [-0.05, 0) is 30.9 Å². The van der Waals surface area contributed by atoms with Gasteiger partial charge in [-0.15, -0.1) is 5.10 Å². The summed E-state index contributed by atoms with van der Waals surface area (Å²) < 4.78 is 9.84. The molecule has 0 bridgehead atoms. The van der Waals surface area contributed by atoms with E-state index in [9.17, 15) is 4.79 Å². The standard InChI is InChI=1S/C20H26N4O2S/c1-15(2)24-13-20(9-19(24)25)12-23(7-8-26-14-20)10-16-3-5-17(6-4-16)18-11-27-22-21-18/h3-6,11,15H,7-10,12-14H2,1-2H3/t20-/m1/s1. The molecule has 4 rings (SSSR count). The molecule has 0 N–H and O–H groups in total. The fourth-order valence-electron chi connectivity index (χ4n) is 4.15. The minimum atomic E-state index is -0.0793. The molecule has 0 radical (unpaired) electrons. The lowest BCUT2D eigenvalue weighted by Gasteiger charge is -2.32. The van der Waals surface area contributed by atoms with Gasteiger partial charge in [0.15, 0.2) is 0 Å². The Hall–Kier alpha value is -1.83. The summed E-state index contributed by atoms with van der Waals surface area (Å²) in [6, 6.07) is 8.79. The van der Waals surface area contributed by atoms with E-state index in [1.54, 1.807) is 0 Å². The molecule has 2 saturated heterocycles. The van der Waals surface area contributed by atoms with Crippen LogP contribution in [0.3, 0.4) is 0 Å². The second kappa shape index (κ2) is 7.66. The summed E-state index contributed by atoms with van der Waals surface area (Å²) >= 11 is 1.37. The lowest BCUT2D eigenvalue weighted by Crippen LogP contribution is -2.41. The monoisotopic (exact) mass is 386 g/mol. The van der Waals surface area contributed by atoms with E-state index in [4.69, 9.17) is 4.74 Å². The molecule has 2 aliphatic rings. The van der Waals surface area contributed by atoms with Crippen LogP contribution in [-0.2, 0) is 16.1 Å². The van der Waals surface area contributed by atoms with E-state index >= 15 is 0 Å². The summed E-state index contributed by atoms with van der Waals surface area (Å²) in [5.74, 6) is 0.261. The smallest absolute Gasteiger partial charge is 0.223 e. The highest BCUT2D eigenvalue weighted by Crippen LogP contribution is 2.35. The van der Waals surface area contributed by atoms with Gasteiger partial charge in [0.2, 0.25) is 5.91 Å². The van der Waals surface area contributed by atoms with Crippen LogP contribution in [0.2, 0.25) is 0 Å². The van der Waals surface area contributed by atoms with Crippen molar-refractivity contribution in [2.45, 2.75) is 32.9 Å². The van der Waals surface area contributed by atoms with Gasteiger partial charge in [-0.25, -0.2) is 0 Å². The lowest BCUT2D eigenvalue weighted by molar-refractivity contribution is -0.129. The van der Waals surface area contributed by atoms with Crippen molar-refractivity contribution in [1.82, 2.24) is 19.4 Å². The number of carbonyl (C=O) groups excluding carboxylic acids is 1. The minimum absolute atomic E-state index is 0.0793. The van der Waals surface area contributed by atoms with Gasteiger partial charge in [0.1, 0.15) is 5.69 Å². The lowest BCUT2D eigenvalue weighted by atomic mass is 9.87. The molecule has 0 unspecified atom stereocenters. The van der Waals surface area contributed by atoms with Crippen molar-refractivity contribution in [2.75, 3.05) is 32.8 Å². The molecule has 7 heteroatoms. The van der Waals surface area contributed by atoms with Crippen molar-refractivity contribution < 1.29 is 9.53 Å². The second-order valence-electron chi connectivity index (χ2n) is 8.04. The molecule has 1 atom stereocenters. The molecule has 3 heterocycles. The normalized spacial score (nSPS) is 24.1. The van der Waals surface area contributed by atoms with Gasteiger partial charge in [-0.1, -0.05) is 28.8 Å². The third-order valence-corrected chi connectivity index (χ3v) is 6.02. The van der Waals surface area contributed by atoms with Crippen LogP contribution in [0, 0.1) is 5.41 Å². The molecule has 1 amide bonds. The molecular weight excluding hydrogens is 360 g/mol. The van der Waals surface area contributed by atoms with Crippen LogP contribution in [-0.4, -0.2) is 64.2 Å². The molecule has 1 aromatic carbocycles. The number of ether oxygens (including phenoxy) is 1. The number of benzene rings is 1. The molecule has 1 spiro atoms. The highest BCUT2D eigenvalue weighted by atomic mass is 32.1. The SMILES string of the molecule is CC(C)N1C[C@@]2(COCCN(Cc3ccc(-c4csnn4)cc3)C2)CC1=O. The Bertz CT molecular complexity index is 778. The first-order chi connectivity index (χ1) is 13.0. The largest absolute Gasteiger partial charge is 0.379 e. The highest BCUT2D eigenvalue weighted by Gasteiger charge is 2.46. The first-order valence-corrected chi connectivity index (χ1v) is 10.3. The maximum atomic E-state index is 12.5. The molecule has 2 aromatic rings. The van der Waals surface area contributed by atoms with E-state index in [-0.39, 0.29) is 17.4 Å². The van der Waals surface area contributed by atoms with E-state index in [1.165, 1.54) is 17.1 Å². The van der Waals surface area contributed by atoms with Crippen molar-refractivity contribution in [2.24, 2.45) is 5.41 Å². The van der Waals surface area contributed by atoms with Gasteiger partial charge in [0, 0.05) is 55.0 Å². The first kappa shape index (κ1) is 18.5. The Morgan fingerprint density at radius 1 is 1.26 bits per heavy atom. The number of carbonyl (C=O) groups is 1. The van der Waals surface area contributed by atoms with Crippen LogP contribution >= 0.6 is 11.5 Å². The summed E-state index contributed by atoms with van der Waals surface area (Å²) in [6.45, 7) is 9.05. The fourth-order valence-corrected chi connectivity index (χ4v) is 4.61. The summed E-state index contributed by atoms with van der Waals surface area (Å²) in [5.41, 5.74) is 3.21. The van der Waals surface area contributed by atoms with E-state index in [0.717, 1.165) is 44.0 Å². The van der Waals surface area contributed by atoms with E-state index in [1.807, 2.05) is 10.3 Å².